The summed E-state index contributed by atoms with van der Waals surface area (Å²) >= 11 is 0. The summed E-state index contributed by atoms with van der Waals surface area (Å²) < 4.78 is 11.7. The Hall–Kier alpha value is -6.84. The SMILES string of the molecule is CC1(n2c3ccccc3c3cc(-c4ccc5c(c4)c4ccc6c7ccccc7oc6c4n5-c4ccc5ccccc5c4)ccc32)C=CC=C2C=CC=CC21. The molecule has 3 heterocycles. The van der Waals surface area contributed by atoms with E-state index in [0.29, 0.717) is 0 Å². The Bertz CT molecular complexity index is 3360. The third-order valence-corrected chi connectivity index (χ3v) is 12.2. The molecule has 2 aliphatic rings. The average Bonchev–Trinajstić information content (AvgIpc) is 3.88. The van der Waals surface area contributed by atoms with Gasteiger partial charge < -0.3 is 13.6 Å². The lowest BCUT2D eigenvalue weighted by Gasteiger charge is -2.40. The van der Waals surface area contributed by atoms with Crippen LogP contribution in [0.15, 0.2) is 192 Å². The van der Waals surface area contributed by atoms with Gasteiger partial charge in [0.1, 0.15) is 5.58 Å². The van der Waals surface area contributed by atoms with Crippen molar-refractivity contribution in [3.63, 3.8) is 0 Å². The van der Waals surface area contributed by atoms with Crippen LogP contribution in [0.2, 0.25) is 0 Å². The highest BCUT2D eigenvalue weighted by molar-refractivity contribution is 6.22. The maximum atomic E-state index is 6.70. The lowest BCUT2D eigenvalue weighted by atomic mass is 9.74. The maximum Gasteiger partial charge on any atom is 0.160 e. The van der Waals surface area contributed by atoms with Gasteiger partial charge in [-0.3, -0.25) is 0 Å². The molecule has 2 unspecified atom stereocenters. The van der Waals surface area contributed by atoms with Crippen LogP contribution in [0.5, 0.6) is 0 Å². The van der Waals surface area contributed by atoms with Gasteiger partial charge in [-0.05, 0) is 89.0 Å². The highest BCUT2D eigenvalue weighted by Crippen LogP contribution is 2.46. The molecule has 0 saturated heterocycles. The number of furan rings is 1. The largest absolute Gasteiger partial charge is 0.454 e. The number of hydrogen-bond donors (Lipinski definition) is 0. The molecule has 0 bridgehead atoms. The van der Waals surface area contributed by atoms with Gasteiger partial charge in [0.05, 0.1) is 16.6 Å². The maximum absolute atomic E-state index is 6.70. The normalized spacial score (nSPS) is 18.2. The average molecular weight is 691 g/mol. The molecule has 0 saturated carbocycles. The van der Waals surface area contributed by atoms with E-state index in [0.717, 1.165) is 38.7 Å². The number of fused-ring (bicyclic) bond motifs is 12. The molecule has 3 nitrogen and oxygen atoms in total. The van der Waals surface area contributed by atoms with Crippen molar-refractivity contribution in [2.24, 2.45) is 5.92 Å². The highest BCUT2D eigenvalue weighted by atomic mass is 16.3. The van der Waals surface area contributed by atoms with Crippen molar-refractivity contribution in [3.8, 4) is 16.8 Å². The van der Waals surface area contributed by atoms with Crippen molar-refractivity contribution in [3.05, 3.63) is 188 Å². The first kappa shape index (κ1) is 29.7. The van der Waals surface area contributed by atoms with E-state index in [1.807, 2.05) is 6.07 Å². The Morgan fingerprint density at radius 1 is 0.556 bits per heavy atom. The van der Waals surface area contributed by atoms with Crippen molar-refractivity contribution in [1.82, 2.24) is 9.13 Å². The van der Waals surface area contributed by atoms with E-state index in [1.54, 1.807) is 0 Å². The summed E-state index contributed by atoms with van der Waals surface area (Å²) in [4.78, 5) is 0. The number of aromatic nitrogens is 2. The molecule has 0 amide bonds. The van der Waals surface area contributed by atoms with Crippen molar-refractivity contribution in [2.75, 3.05) is 0 Å². The van der Waals surface area contributed by atoms with Gasteiger partial charge in [-0.25, -0.2) is 0 Å². The van der Waals surface area contributed by atoms with Gasteiger partial charge in [0.25, 0.3) is 0 Å². The molecule has 254 valence electrons. The molecule has 3 heteroatoms. The fourth-order valence-corrected chi connectivity index (χ4v) is 9.64. The molecule has 54 heavy (non-hydrogen) atoms. The summed E-state index contributed by atoms with van der Waals surface area (Å²) in [5.41, 5.74) is 11.2. The van der Waals surface area contributed by atoms with Crippen molar-refractivity contribution < 1.29 is 4.42 Å². The van der Waals surface area contributed by atoms with Crippen LogP contribution in [-0.2, 0) is 5.54 Å². The summed E-state index contributed by atoms with van der Waals surface area (Å²) in [7, 11) is 0. The van der Waals surface area contributed by atoms with Crippen molar-refractivity contribution >= 4 is 76.3 Å². The molecule has 0 fully saturated rings. The predicted octanol–water partition coefficient (Wildman–Crippen LogP) is 13.6. The number of allylic oxidation sites excluding steroid dienone is 8. The van der Waals surface area contributed by atoms with Crippen LogP contribution in [0.3, 0.4) is 0 Å². The minimum Gasteiger partial charge on any atom is -0.454 e. The highest BCUT2D eigenvalue weighted by Gasteiger charge is 2.38. The van der Waals surface area contributed by atoms with Crippen molar-refractivity contribution in [1.29, 1.82) is 0 Å². The van der Waals surface area contributed by atoms with Gasteiger partial charge in [-0.15, -0.1) is 0 Å². The molecule has 0 spiro atoms. The van der Waals surface area contributed by atoms with Crippen LogP contribution in [0, 0.1) is 5.92 Å². The fraction of sp³-hybridized carbons (Fsp3) is 0.0588. The molecule has 0 N–H and O–H groups in total. The lowest BCUT2D eigenvalue weighted by molar-refractivity contribution is 0.355. The smallest absolute Gasteiger partial charge is 0.160 e. The van der Waals surface area contributed by atoms with E-state index >= 15 is 0 Å². The Morgan fingerprint density at radius 3 is 2.17 bits per heavy atom. The summed E-state index contributed by atoms with van der Waals surface area (Å²) in [5, 5.41) is 9.65. The zero-order chi connectivity index (χ0) is 35.5. The number of benzene rings is 7. The molecular weight excluding hydrogens is 657 g/mol. The first-order valence-electron chi connectivity index (χ1n) is 18.8. The predicted molar refractivity (Wildman–Crippen MR) is 227 cm³/mol. The molecule has 2 aliphatic carbocycles. The second-order valence-corrected chi connectivity index (χ2v) is 15.1. The lowest BCUT2D eigenvalue weighted by Crippen LogP contribution is -2.38. The fourth-order valence-electron chi connectivity index (χ4n) is 9.64. The van der Waals surface area contributed by atoms with Crippen LogP contribution in [0.25, 0.3) is 93.1 Å². The van der Waals surface area contributed by atoms with Gasteiger partial charge in [0.2, 0.25) is 0 Å². The standard InChI is InChI=1S/C51H34N2O/c1-51(28-10-14-33-12-4-7-17-44(33)51)53-46-18-8-5-15-38(46)42-30-36(22-27-47(42)53)35-21-26-45-43(31-35)40-24-25-41-39-16-6-9-19-48(39)54-50(41)49(40)52(45)37-23-20-32-11-2-3-13-34(32)29-37/h2-31,44H,1H3. The summed E-state index contributed by atoms with van der Waals surface area (Å²) in [6, 6.07) is 51.1. The molecule has 0 aliphatic heterocycles. The molecule has 3 aromatic heterocycles. The van der Waals surface area contributed by atoms with Crippen LogP contribution >= 0.6 is 0 Å². The number of hydrogen-bond acceptors (Lipinski definition) is 1. The van der Waals surface area contributed by atoms with Crippen LogP contribution in [-0.4, -0.2) is 9.13 Å². The second kappa shape index (κ2) is 10.8. The number of rotatable bonds is 3. The molecule has 2 atom stereocenters. The minimum absolute atomic E-state index is 0.250. The topological polar surface area (TPSA) is 23.0 Å². The monoisotopic (exact) mass is 690 g/mol. The van der Waals surface area contributed by atoms with E-state index in [-0.39, 0.29) is 11.5 Å². The quantitative estimate of drug-likeness (QED) is 0.181. The van der Waals surface area contributed by atoms with Crippen LogP contribution in [0.4, 0.5) is 0 Å². The van der Waals surface area contributed by atoms with Gasteiger partial charge in [0, 0.05) is 55.0 Å². The zero-order valence-electron chi connectivity index (χ0n) is 29.7. The third kappa shape index (κ3) is 4.01. The third-order valence-electron chi connectivity index (χ3n) is 12.2. The van der Waals surface area contributed by atoms with Gasteiger partial charge >= 0.3 is 0 Å². The number of nitrogens with zero attached hydrogens (tertiary/aromatic N) is 2. The Kier molecular flexibility index (Phi) is 5.97. The zero-order valence-corrected chi connectivity index (χ0v) is 29.7. The van der Waals surface area contributed by atoms with E-state index in [9.17, 15) is 0 Å². The van der Waals surface area contributed by atoms with Crippen LogP contribution < -0.4 is 0 Å². The molecule has 10 aromatic rings. The van der Waals surface area contributed by atoms with E-state index in [1.165, 1.54) is 60.1 Å². The Labute approximate surface area is 311 Å². The molecular formula is C51H34N2O. The van der Waals surface area contributed by atoms with Crippen molar-refractivity contribution in [2.45, 2.75) is 12.5 Å². The van der Waals surface area contributed by atoms with E-state index < -0.39 is 0 Å². The Balaban J connectivity index is 1.09. The second-order valence-electron chi connectivity index (χ2n) is 15.1. The molecule has 12 rings (SSSR count). The molecule has 0 radical (unpaired) electrons. The summed E-state index contributed by atoms with van der Waals surface area (Å²) in [6.07, 6.45) is 15.8. The van der Waals surface area contributed by atoms with Gasteiger partial charge in [-0.1, -0.05) is 127 Å². The number of para-hydroxylation sites is 2. The summed E-state index contributed by atoms with van der Waals surface area (Å²) in [6.45, 7) is 2.38. The summed E-state index contributed by atoms with van der Waals surface area (Å²) in [5.74, 6) is 0.256. The Morgan fingerprint density at radius 2 is 1.28 bits per heavy atom. The van der Waals surface area contributed by atoms with Crippen LogP contribution in [0.1, 0.15) is 6.92 Å². The van der Waals surface area contributed by atoms with Gasteiger partial charge in [-0.2, -0.15) is 0 Å². The molecule has 7 aromatic carbocycles. The van der Waals surface area contributed by atoms with Gasteiger partial charge in [0.15, 0.2) is 5.58 Å². The minimum atomic E-state index is -0.250. The van der Waals surface area contributed by atoms with E-state index in [2.05, 4.69) is 192 Å². The first-order chi connectivity index (χ1) is 26.6. The van der Waals surface area contributed by atoms with E-state index in [4.69, 9.17) is 4.42 Å². The first-order valence-corrected chi connectivity index (χ1v) is 18.8.